The van der Waals surface area contributed by atoms with Crippen molar-refractivity contribution < 1.29 is 4.74 Å². The van der Waals surface area contributed by atoms with Crippen LogP contribution in [-0.4, -0.2) is 89.6 Å². The number of H-pyrrole nitrogens is 1. The average molecular weight is 280 g/mol. The van der Waals surface area contributed by atoms with E-state index in [9.17, 15) is 0 Å². The third-order valence-corrected chi connectivity index (χ3v) is 4.16. The number of likely N-dealkylation sites (N-methyl/N-ethyl adjacent to an activating group) is 1. The molecule has 0 saturated carbocycles. The Morgan fingerprint density at radius 2 is 1.70 bits per heavy atom. The lowest BCUT2D eigenvalue weighted by Gasteiger charge is -2.32. The van der Waals surface area contributed by atoms with Crippen LogP contribution >= 0.6 is 0 Å². The fourth-order valence-electron chi connectivity index (χ4n) is 2.72. The van der Waals surface area contributed by atoms with E-state index < -0.39 is 0 Å². The summed E-state index contributed by atoms with van der Waals surface area (Å²) in [6, 6.07) is 0. The molecule has 2 fully saturated rings. The number of aromatic nitrogens is 3. The normalized spacial score (nSPS) is 23.2. The second kappa shape index (κ2) is 6.62. The van der Waals surface area contributed by atoms with E-state index in [1.807, 2.05) is 0 Å². The van der Waals surface area contributed by atoms with E-state index in [-0.39, 0.29) is 0 Å². The van der Waals surface area contributed by atoms with E-state index in [1.165, 1.54) is 5.69 Å². The molecule has 7 nitrogen and oxygen atoms in total. The van der Waals surface area contributed by atoms with Crippen molar-refractivity contribution in [3.8, 4) is 0 Å². The van der Waals surface area contributed by atoms with Gasteiger partial charge in [0.2, 0.25) is 0 Å². The van der Waals surface area contributed by atoms with Crippen molar-refractivity contribution in [2.75, 3.05) is 59.5 Å². The molecule has 7 heteroatoms. The van der Waals surface area contributed by atoms with Crippen LogP contribution in [0.3, 0.4) is 0 Å². The molecule has 3 rings (SSSR count). The van der Waals surface area contributed by atoms with Crippen LogP contribution < -0.4 is 0 Å². The van der Waals surface area contributed by atoms with Gasteiger partial charge >= 0.3 is 0 Å². The van der Waals surface area contributed by atoms with Crippen LogP contribution in [0.15, 0.2) is 0 Å². The van der Waals surface area contributed by atoms with Crippen LogP contribution in [0.2, 0.25) is 0 Å². The SMILES string of the molecule is CN1CCN(Cc2[nH]nnc2CN2CCOCC2)CC1. The summed E-state index contributed by atoms with van der Waals surface area (Å²) < 4.78 is 5.38. The number of nitrogens with zero attached hydrogens (tertiary/aromatic N) is 5. The van der Waals surface area contributed by atoms with Gasteiger partial charge in [-0.05, 0) is 7.05 Å². The monoisotopic (exact) mass is 280 g/mol. The minimum atomic E-state index is 0.825. The van der Waals surface area contributed by atoms with Gasteiger partial charge in [0, 0.05) is 52.4 Å². The molecule has 3 heterocycles. The molecular weight excluding hydrogens is 256 g/mol. The highest BCUT2D eigenvalue weighted by molar-refractivity contribution is 5.08. The molecule has 0 aliphatic carbocycles. The highest BCUT2D eigenvalue weighted by atomic mass is 16.5. The average Bonchev–Trinajstić information content (AvgIpc) is 2.90. The lowest BCUT2D eigenvalue weighted by molar-refractivity contribution is 0.0334. The number of morpholine rings is 1. The lowest BCUT2D eigenvalue weighted by atomic mass is 10.2. The third kappa shape index (κ3) is 3.54. The number of piperazine rings is 1. The van der Waals surface area contributed by atoms with Crippen molar-refractivity contribution in [1.29, 1.82) is 0 Å². The maximum absolute atomic E-state index is 5.38. The van der Waals surface area contributed by atoms with Gasteiger partial charge in [-0.15, -0.1) is 5.10 Å². The molecule has 0 radical (unpaired) electrons. The molecule has 0 amide bonds. The molecule has 0 unspecified atom stereocenters. The number of aromatic amines is 1. The summed E-state index contributed by atoms with van der Waals surface area (Å²) in [5.41, 5.74) is 2.26. The Hall–Kier alpha value is -1.02. The predicted octanol–water partition coefficient (Wildman–Crippen LogP) is -0.616. The summed E-state index contributed by atoms with van der Waals surface area (Å²) >= 11 is 0. The van der Waals surface area contributed by atoms with Gasteiger partial charge in [0.1, 0.15) is 5.69 Å². The molecule has 2 aliphatic heterocycles. The van der Waals surface area contributed by atoms with Crippen LogP contribution in [0.25, 0.3) is 0 Å². The van der Waals surface area contributed by atoms with Crippen molar-refractivity contribution in [3.63, 3.8) is 0 Å². The number of nitrogens with one attached hydrogen (secondary N) is 1. The molecule has 0 spiro atoms. The number of hydrogen-bond donors (Lipinski definition) is 1. The van der Waals surface area contributed by atoms with Gasteiger partial charge < -0.3 is 9.64 Å². The number of hydrogen-bond acceptors (Lipinski definition) is 6. The largest absolute Gasteiger partial charge is 0.379 e. The summed E-state index contributed by atoms with van der Waals surface area (Å²) in [7, 11) is 2.18. The van der Waals surface area contributed by atoms with E-state index in [0.717, 1.165) is 71.3 Å². The zero-order valence-corrected chi connectivity index (χ0v) is 12.2. The zero-order valence-electron chi connectivity index (χ0n) is 12.2. The van der Waals surface area contributed by atoms with Gasteiger partial charge in [-0.25, -0.2) is 0 Å². The Bertz CT molecular complexity index is 409. The quantitative estimate of drug-likeness (QED) is 0.793. The van der Waals surface area contributed by atoms with Crippen molar-refractivity contribution in [1.82, 2.24) is 30.1 Å². The standard InChI is InChI=1S/C13H24N6O/c1-17-2-4-18(5-3-17)10-12-13(15-16-14-12)11-19-6-8-20-9-7-19/h2-11H2,1H3,(H,14,15,16). The van der Waals surface area contributed by atoms with Crippen LogP contribution in [0.1, 0.15) is 11.4 Å². The summed E-state index contributed by atoms with van der Waals surface area (Å²) in [6.07, 6.45) is 0. The third-order valence-electron chi connectivity index (χ3n) is 4.16. The highest BCUT2D eigenvalue weighted by Gasteiger charge is 2.19. The van der Waals surface area contributed by atoms with Crippen LogP contribution in [-0.2, 0) is 17.8 Å². The maximum atomic E-state index is 5.38. The van der Waals surface area contributed by atoms with Crippen molar-refractivity contribution >= 4 is 0 Å². The van der Waals surface area contributed by atoms with E-state index >= 15 is 0 Å². The van der Waals surface area contributed by atoms with Crippen LogP contribution in [0.5, 0.6) is 0 Å². The van der Waals surface area contributed by atoms with Gasteiger partial charge in [-0.1, -0.05) is 5.21 Å². The van der Waals surface area contributed by atoms with E-state index in [1.54, 1.807) is 0 Å². The molecule has 2 aliphatic rings. The maximum Gasteiger partial charge on any atom is 0.101 e. The minimum absolute atomic E-state index is 0.825. The summed E-state index contributed by atoms with van der Waals surface area (Å²) in [5, 5.41) is 11.3. The molecule has 0 bridgehead atoms. The van der Waals surface area contributed by atoms with Crippen molar-refractivity contribution in [3.05, 3.63) is 11.4 Å². The molecule has 1 aromatic rings. The van der Waals surface area contributed by atoms with Gasteiger partial charge in [0.25, 0.3) is 0 Å². The number of ether oxygens (including phenoxy) is 1. The predicted molar refractivity (Wildman–Crippen MR) is 75.3 cm³/mol. The fraction of sp³-hybridized carbons (Fsp3) is 0.846. The Labute approximate surface area is 119 Å². The smallest absolute Gasteiger partial charge is 0.101 e. The first-order valence-corrected chi connectivity index (χ1v) is 7.41. The Kier molecular flexibility index (Phi) is 4.62. The first-order valence-electron chi connectivity index (χ1n) is 7.41. The molecule has 0 aromatic carbocycles. The van der Waals surface area contributed by atoms with Crippen LogP contribution in [0.4, 0.5) is 0 Å². The van der Waals surface area contributed by atoms with E-state index in [4.69, 9.17) is 4.74 Å². The first kappa shape index (κ1) is 13.9. The number of rotatable bonds is 4. The Balaban J connectivity index is 1.55. The van der Waals surface area contributed by atoms with E-state index in [2.05, 4.69) is 37.2 Å². The van der Waals surface area contributed by atoms with Crippen LogP contribution in [0, 0.1) is 0 Å². The van der Waals surface area contributed by atoms with Gasteiger partial charge in [0.15, 0.2) is 0 Å². The van der Waals surface area contributed by atoms with Gasteiger partial charge in [-0.2, -0.15) is 0 Å². The zero-order chi connectivity index (χ0) is 13.8. The molecule has 0 atom stereocenters. The molecule has 1 N–H and O–H groups in total. The van der Waals surface area contributed by atoms with Crippen molar-refractivity contribution in [2.24, 2.45) is 0 Å². The second-order valence-electron chi connectivity index (χ2n) is 5.70. The summed E-state index contributed by atoms with van der Waals surface area (Å²) in [5.74, 6) is 0. The topological polar surface area (TPSA) is 60.5 Å². The minimum Gasteiger partial charge on any atom is -0.379 e. The first-order chi connectivity index (χ1) is 9.81. The summed E-state index contributed by atoms with van der Waals surface area (Å²) in [4.78, 5) is 7.23. The Morgan fingerprint density at radius 1 is 1.00 bits per heavy atom. The lowest BCUT2D eigenvalue weighted by Crippen LogP contribution is -2.44. The molecule has 1 aromatic heterocycles. The van der Waals surface area contributed by atoms with Crippen molar-refractivity contribution in [2.45, 2.75) is 13.1 Å². The second-order valence-corrected chi connectivity index (χ2v) is 5.70. The highest BCUT2D eigenvalue weighted by Crippen LogP contribution is 2.11. The van der Waals surface area contributed by atoms with E-state index in [0.29, 0.717) is 0 Å². The molecule has 112 valence electrons. The summed E-state index contributed by atoms with van der Waals surface area (Å²) in [6.45, 7) is 9.95. The molecular formula is C13H24N6O. The fourth-order valence-corrected chi connectivity index (χ4v) is 2.72. The molecule has 20 heavy (non-hydrogen) atoms. The van der Waals surface area contributed by atoms with Gasteiger partial charge in [0.05, 0.1) is 18.9 Å². The Morgan fingerprint density at radius 3 is 2.45 bits per heavy atom. The van der Waals surface area contributed by atoms with Gasteiger partial charge in [-0.3, -0.25) is 14.9 Å². The molecule has 2 saturated heterocycles.